The fraction of sp³-hybridized carbons (Fsp3) is 0.417. The zero-order valence-electron chi connectivity index (χ0n) is 11.0. The first-order valence-corrected chi connectivity index (χ1v) is 6.45. The fourth-order valence-corrected chi connectivity index (χ4v) is 2.25. The Morgan fingerprint density at radius 3 is 2.25 bits per heavy atom. The van der Waals surface area contributed by atoms with Crippen LogP contribution in [0.2, 0.25) is 0 Å². The quantitative estimate of drug-likeness (QED) is 0.426. The van der Waals surface area contributed by atoms with Gasteiger partial charge < -0.3 is 0 Å². The van der Waals surface area contributed by atoms with Crippen molar-refractivity contribution in [1.29, 1.82) is 0 Å². The molecule has 0 aliphatic carbocycles. The SMILES string of the molecule is Cc1ccc2c(c1)N(C(C)(C)Cl)N=C(C(F)(F)F)N2Cl. The molecule has 20 heavy (non-hydrogen) atoms. The number of alkyl halides is 4. The molecule has 1 aliphatic rings. The summed E-state index contributed by atoms with van der Waals surface area (Å²) in [6.45, 7) is 4.94. The van der Waals surface area contributed by atoms with Crippen molar-refractivity contribution < 1.29 is 13.2 Å². The average molecular weight is 326 g/mol. The van der Waals surface area contributed by atoms with Crippen molar-refractivity contribution in [2.45, 2.75) is 31.9 Å². The molecule has 0 unspecified atom stereocenters. The lowest BCUT2D eigenvalue weighted by molar-refractivity contribution is -0.0599. The predicted molar refractivity (Wildman–Crippen MR) is 75.4 cm³/mol. The maximum absolute atomic E-state index is 13.0. The van der Waals surface area contributed by atoms with E-state index in [1.807, 2.05) is 6.92 Å². The van der Waals surface area contributed by atoms with Crippen LogP contribution < -0.4 is 9.43 Å². The molecule has 1 aromatic rings. The Balaban J connectivity index is 2.66. The van der Waals surface area contributed by atoms with Crippen LogP contribution in [0.4, 0.5) is 24.5 Å². The van der Waals surface area contributed by atoms with E-state index in [0.717, 1.165) is 10.6 Å². The summed E-state index contributed by atoms with van der Waals surface area (Å²) in [5.41, 5.74) is 1.48. The van der Waals surface area contributed by atoms with Gasteiger partial charge in [-0.2, -0.15) is 13.2 Å². The van der Waals surface area contributed by atoms with Gasteiger partial charge in [-0.15, -0.1) is 5.10 Å². The molecule has 3 nitrogen and oxygen atoms in total. The van der Waals surface area contributed by atoms with Gasteiger partial charge in [0.05, 0.1) is 11.4 Å². The number of benzene rings is 1. The molecular weight excluding hydrogens is 314 g/mol. The summed E-state index contributed by atoms with van der Waals surface area (Å²) < 4.78 is 39.5. The third-order valence-electron chi connectivity index (χ3n) is 2.71. The molecule has 0 saturated carbocycles. The van der Waals surface area contributed by atoms with Crippen LogP contribution in [-0.2, 0) is 0 Å². The van der Waals surface area contributed by atoms with Crippen LogP contribution in [0.25, 0.3) is 0 Å². The molecule has 0 fully saturated rings. The zero-order valence-corrected chi connectivity index (χ0v) is 12.5. The van der Waals surface area contributed by atoms with Crippen molar-refractivity contribution in [3.8, 4) is 0 Å². The summed E-state index contributed by atoms with van der Waals surface area (Å²) in [6.07, 6.45) is -4.68. The molecule has 0 N–H and O–H groups in total. The summed E-state index contributed by atoms with van der Waals surface area (Å²) in [5, 5.41) is 4.70. The number of hydrogen-bond donors (Lipinski definition) is 0. The molecule has 0 bridgehead atoms. The zero-order chi connectivity index (χ0) is 15.3. The van der Waals surface area contributed by atoms with Gasteiger partial charge in [0.15, 0.2) is 0 Å². The van der Waals surface area contributed by atoms with Crippen molar-refractivity contribution in [2.24, 2.45) is 5.10 Å². The Labute approximate surface area is 124 Å². The van der Waals surface area contributed by atoms with E-state index in [1.54, 1.807) is 26.0 Å². The lowest BCUT2D eigenvalue weighted by Gasteiger charge is -2.38. The predicted octanol–water partition coefficient (Wildman–Crippen LogP) is 4.63. The van der Waals surface area contributed by atoms with Gasteiger partial charge >= 0.3 is 6.18 Å². The number of anilines is 2. The summed E-state index contributed by atoms with van der Waals surface area (Å²) in [4.78, 5) is -1.13. The minimum absolute atomic E-state index is 0.188. The van der Waals surface area contributed by atoms with E-state index in [2.05, 4.69) is 5.10 Å². The number of nitrogens with zero attached hydrogens (tertiary/aromatic N) is 3. The van der Waals surface area contributed by atoms with E-state index >= 15 is 0 Å². The lowest BCUT2D eigenvalue weighted by Crippen LogP contribution is -2.46. The Hall–Kier alpha value is -1.14. The number of hydrazone groups is 1. The highest BCUT2D eigenvalue weighted by Crippen LogP contribution is 2.42. The van der Waals surface area contributed by atoms with Gasteiger partial charge in [0.2, 0.25) is 5.84 Å². The maximum Gasteiger partial charge on any atom is 0.452 e. The van der Waals surface area contributed by atoms with Crippen molar-refractivity contribution >= 4 is 40.6 Å². The minimum atomic E-state index is -4.68. The van der Waals surface area contributed by atoms with Gasteiger partial charge in [0.25, 0.3) is 0 Å². The Bertz CT molecular complexity index is 564. The Kier molecular flexibility index (Phi) is 3.59. The van der Waals surface area contributed by atoms with Gasteiger partial charge in [-0.25, -0.2) is 9.43 Å². The van der Waals surface area contributed by atoms with Gasteiger partial charge in [0, 0.05) is 11.8 Å². The molecule has 2 rings (SSSR count). The van der Waals surface area contributed by atoms with E-state index in [4.69, 9.17) is 23.4 Å². The van der Waals surface area contributed by atoms with Crippen LogP contribution in [0.3, 0.4) is 0 Å². The van der Waals surface area contributed by atoms with E-state index < -0.39 is 17.0 Å². The van der Waals surface area contributed by atoms with Crippen LogP contribution in [0, 0.1) is 6.92 Å². The van der Waals surface area contributed by atoms with Crippen LogP contribution in [0.5, 0.6) is 0 Å². The lowest BCUT2D eigenvalue weighted by atomic mass is 10.1. The summed E-state index contributed by atoms with van der Waals surface area (Å²) in [5.74, 6) is -1.22. The van der Waals surface area contributed by atoms with Crippen molar-refractivity contribution in [2.75, 3.05) is 9.43 Å². The number of halogens is 5. The van der Waals surface area contributed by atoms with Gasteiger partial charge in [-0.1, -0.05) is 17.7 Å². The van der Waals surface area contributed by atoms with Crippen LogP contribution in [0.1, 0.15) is 19.4 Å². The number of aryl methyl sites for hydroxylation is 1. The minimum Gasteiger partial charge on any atom is -0.241 e. The van der Waals surface area contributed by atoms with E-state index in [-0.39, 0.29) is 5.69 Å². The molecule has 1 aliphatic heterocycles. The third-order valence-corrected chi connectivity index (χ3v) is 3.21. The topological polar surface area (TPSA) is 18.8 Å². The van der Waals surface area contributed by atoms with Gasteiger partial charge in [-0.05, 0) is 38.5 Å². The van der Waals surface area contributed by atoms with Gasteiger partial charge in [0.1, 0.15) is 5.00 Å². The number of rotatable bonds is 1. The standard InChI is InChI=1S/C12H12Cl2F3N3/c1-7-4-5-8-9(6-7)20(11(2,3)13)18-10(19(8)14)12(15,16)17/h4-6H,1-3H3. The van der Waals surface area contributed by atoms with Crippen molar-refractivity contribution in [3.63, 3.8) is 0 Å². The van der Waals surface area contributed by atoms with Crippen LogP contribution in [0.15, 0.2) is 23.3 Å². The number of amidine groups is 1. The second kappa shape index (κ2) is 4.70. The fourth-order valence-electron chi connectivity index (χ4n) is 1.84. The smallest absolute Gasteiger partial charge is 0.241 e. The van der Waals surface area contributed by atoms with Gasteiger partial charge in [-0.3, -0.25) is 0 Å². The molecule has 0 radical (unpaired) electrons. The normalized spacial score (nSPS) is 16.1. The molecule has 8 heteroatoms. The molecule has 110 valence electrons. The molecule has 0 atom stereocenters. The number of hydrogen-bond acceptors (Lipinski definition) is 3. The van der Waals surface area contributed by atoms with E-state index in [1.165, 1.54) is 6.07 Å². The van der Waals surface area contributed by atoms with Crippen LogP contribution >= 0.6 is 23.4 Å². The van der Waals surface area contributed by atoms with Crippen LogP contribution in [-0.4, -0.2) is 17.0 Å². The molecule has 0 spiro atoms. The first-order chi connectivity index (χ1) is 9.01. The highest BCUT2D eigenvalue weighted by molar-refractivity contribution is 6.40. The summed E-state index contributed by atoms with van der Waals surface area (Å²) in [7, 11) is 0. The molecule has 0 saturated heterocycles. The highest BCUT2D eigenvalue weighted by atomic mass is 35.5. The van der Waals surface area contributed by atoms with Crippen molar-refractivity contribution in [1.82, 2.24) is 0 Å². The van der Waals surface area contributed by atoms with Crippen molar-refractivity contribution in [3.05, 3.63) is 23.8 Å². The second-order valence-corrected chi connectivity index (χ2v) is 6.18. The molecule has 1 aromatic carbocycles. The molecule has 0 aromatic heterocycles. The van der Waals surface area contributed by atoms with E-state index in [9.17, 15) is 13.2 Å². The van der Waals surface area contributed by atoms with E-state index in [0.29, 0.717) is 10.1 Å². The number of fused-ring (bicyclic) bond motifs is 1. The first kappa shape index (κ1) is 15.3. The largest absolute Gasteiger partial charge is 0.452 e. The molecule has 0 amide bonds. The first-order valence-electron chi connectivity index (χ1n) is 5.73. The summed E-state index contributed by atoms with van der Waals surface area (Å²) >= 11 is 11.9. The summed E-state index contributed by atoms with van der Waals surface area (Å²) in [6, 6.07) is 4.87. The Morgan fingerprint density at radius 2 is 1.75 bits per heavy atom. The maximum atomic E-state index is 13.0. The molecule has 1 heterocycles. The monoisotopic (exact) mass is 325 g/mol. The average Bonchev–Trinajstić information content (AvgIpc) is 2.25. The third kappa shape index (κ3) is 2.67. The highest BCUT2D eigenvalue weighted by Gasteiger charge is 2.46. The Morgan fingerprint density at radius 1 is 1.15 bits per heavy atom. The molecular formula is C12H12Cl2F3N3. The second-order valence-electron chi connectivity index (χ2n) is 4.92.